The van der Waals surface area contributed by atoms with Crippen LogP contribution in [0.25, 0.3) is 0 Å². The minimum Gasteiger partial charge on any atom is -0.497 e. The summed E-state index contributed by atoms with van der Waals surface area (Å²) in [6.45, 7) is 0.416. The Morgan fingerprint density at radius 2 is 1.83 bits per heavy atom. The number of methoxy groups -OCH3 is 1. The molecule has 2 aromatic rings. The molecule has 1 fully saturated rings. The van der Waals surface area contributed by atoms with E-state index in [1.807, 2.05) is 6.07 Å². The van der Waals surface area contributed by atoms with E-state index >= 15 is 0 Å². The molecule has 7 heteroatoms. The van der Waals surface area contributed by atoms with Gasteiger partial charge < -0.3 is 9.64 Å². The number of halogens is 1. The fourth-order valence-electron chi connectivity index (χ4n) is 2.56. The van der Waals surface area contributed by atoms with Gasteiger partial charge in [-0.1, -0.05) is 22.0 Å². The highest BCUT2D eigenvalue weighted by molar-refractivity contribution is 9.10. The minimum atomic E-state index is -3.44. The van der Waals surface area contributed by atoms with Crippen molar-refractivity contribution in [1.29, 1.82) is 0 Å². The van der Waals surface area contributed by atoms with Crippen LogP contribution in [0.4, 0.5) is 0 Å². The number of sulfone groups is 1. The summed E-state index contributed by atoms with van der Waals surface area (Å²) in [6, 6.07) is 13.4. The Balaban J connectivity index is 1.69. The first-order valence-corrected chi connectivity index (χ1v) is 9.68. The molecule has 126 valence electrons. The number of amides is 1. The third kappa shape index (κ3) is 3.18. The molecule has 1 amide bonds. The largest absolute Gasteiger partial charge is 0.497 e. The van der Waals surface area contributed by atoms with Crippen LogP contribution in [-0.2, 0) is 9.84 Å². The predicted octanol–water partition coefficient (Wildman–Crippen LogP) is 2.76. The van der Waals surface area contributed by atoms with Gasteiger partial charge in [-0.3, -0.25) is 4.79 Å². The van der Waals surface area contributed by atoms with E-state index in [0.29, 0.717) is 11.3 Å². The van der Waals surface area contributed by atoms with Gasteiger partial charge in [0.05, 0.1) is 12.0 Å². The maximum atomic E-state index is 12.6. The molecule has 1 saturated heterocycles. The number of hydrogen-bond acceptors (Lipinski definition) is 4. The molecule has 0 unspecified atom stereocenters. The highest BCUT2D eigenvalue weighted by atomic mass is 79.9. The Labute approximate surface area is 149 Å². The van der Waals surface area contributed by atoms with Crippen LogP contribution in [0.3, 0.4) is 0 Å². The summed E-state index contributed by atoms with van der Waals surface area (Å²) in [5.41, 5.74) is 0.546. The smallest absolute Gasteiger partial charge is 0.253 e. The molecular weight excluding hydrogens is 394 g/mol. The molecule has 0 radical (unpaired) electrons. The number of likely N-dealkylation sites (tertiary alicyclic amines) is 1. The molecule has 0 spiro atoms. The van der Waals surface area contributed by atoms with Gasteiger partial charge in [0.1, 0.15) is 11.0 Å². The predicted molar refractivity (Wildman–Crippen MR) is 94.0 cm³/mol. The standard InChI is InChI=1S/C17H16BrNO4S/c1-23-14-5-7-15(8-6-14)24(21,22)16-10-19(11-16)17(20)12-3-2-4-13(18)9-12/h2-9,16H,10-11H2,1H3. The van der Waals surface area contributed by atoms with Gasteiger partial charge in [-0.25, -0.2) is 8.42 Å². The molecule has 1 aliphatic heterocycles. The maximum Gasteiger partial charge on any atom is 0.253 e. The fourth-order valence-corrected chi connectivity index (χ4v) is 4.61. The zero-order chi connectivity index (χ0) is 17.3. The monoisotopic (exact) mass is 409 g/mol. The molecule has 0 atom stereocenters. The molecule has 0 aromatic heterocycles. The van der Waals surface area contributed by atoms with E-state index in [1.165, 1.54) is 19.2 Å². The van der Waals surface area contributed by atoms with Gasteiger partial charge >= 0.3 is 0 Å². The van der Waals surface area contributed by atoms with E-state index < -0.39 is 15.1 Å². The lowest BCUT2D eigenvalue weighted by Gasteiger charge is -2.38. The number of hydrogen-bond donors (Lipinski definition) is 0. The molecule has 1 heterocycles. The Bertz CT molecular complexity index is 858. The van der Waals surface area contributed by atoms with Crippen molar-refractivity contribution in [3.05, 3.63) is 58.6 Å². The summed E-state index contributed by atoms with van der Waals surface area (Å²) in [5, 5.41) is -0.568. The summed E-state index contributed by atoms with van der Waals surface area (Å²) in [7, 11) is -1.91. The average Bonchev–Trinajstić information content (AvgIpc) is 2.53. The zero-order valence-electron chi connectivity index (χ0n) is 13.0. The summed E-state index contributed by atoms with van der Waals surface area (Å²) < 4.78 is 31.0. The molecule has 2 aromatic carbocycles. The SMILES string of the molecule is COc1ccc(S(=O)(=O)C2CN(C(=O)c3cccc(Br)c3)C2)cc1. The van der Waals surface area contributed by atoms with Gasteiger partial charge in [0.15, 0.2) is 9.84 Å². The molecule has 0 saturated carbocycles. The number of nitrogens with zero attached hydrogens (tertiary/aromatic N) is 1. The molecule has 24 heavy (non-hydrogen) atoms. The van der Waals surface area contributed by atoms with Crippen molar-refractivity contribution < 1.29 is 17.9 Å². The zero-order valence-corrected chi connectivity index (χ0v) is 15.4. The fraction of sp³-hybridized carbons (Fsp3) is 0.235. The van der Waals surface area contributed by atoms with Crippen molar-refractivity contribution in [2.45, 2.75) is 10.1 Å². The summed E-state index contributed by atoms with van der Waals surface area (Å²) in [6.07, 6.45) is 0. The third-order valence-corrected chi connectivity index (χ3v) is 6.63. The molecule has 0 bridgehead atoms. The van der Waals surface area contributed by atoms with Crippen molar-refractivity contribution in [3.63, 3.8) is 0 Å². The second-order valence-corrected chi connectivity index (χ2v) is 8.71. The Morgan fingerprint density at radius 3 is 2.42 bits per heavy atom. The normalized spacial score (nSPS) is 15.0. The number of carbonyl (C=O) groups is 1. The highest BCUT2D eigenvalue weighted by Gasteiger charge is 2.40. The Morgan fingerprint density at radius 1 is 1.17 bits per heavy atom. The van der Waals surface area contributed by atoms with E-state index in [1.54, 1.807) is 35.2 Å². The van der Waals surface area contributed by atoms with Crippen molar-refractivity contribution in [2.24, 2.45) is 0 Å². The van der Waals surface area contributed by atoms with E-state index in [2.05, 4.69) is 15.9 Å². The maximum absolute atomic E-state index is 12.6. The first kappa shape index (κ1) is 17.0. The average molecular weight is 410 g/mol. The summed E-state index contributed by atoms with van der Waals surface area (Å²) >= 11 is 3.33. The van der Waals surface area contributed by atoms with Gasteiger partial charge in [0, 0.05) is 23.1 Å². The number of ether oxygens (including phenoxy) is 1. The van der Waals surface area contributed by atoms with Crippen molar-refractivity contribution in [1.82, 2.24) is 4.90 Å². The van der Waals surface area contributed by atoms with Crippen LogP contribution >= 0.6 is 15.9 Å². The van der Waals surface area contributed by atoms with Crippen molar-refractivity contribution in [3.8, 4) is 5.75 Å². The lowest BCUT2D eigenvalue weighted by Crippen LogP contribution is -2.56. The van der Waals surface area contributed by atoms with Crippen molar-refractivity contribution in [2.75, 3.05) is 20.2 Å². The summed E-state index contributed by atoms with van der Waals surface area (Å²) in [4.78, 5) is 14.2. The highest BCUT2D eigenvalue weighted by Crippen LogP contribution is 2.26. The van der Waals surface area contributed by atoms with Crippen LogP contribution in [-0.4, -0.2) is 44.7 Å². The molecule has 0 aliphatic carbocycles. The number of rotatable bonds is 4. The van der Waals surface area contributed by atoms with Gasteiger partial charge in [-0.15, -0.1) is 0 Å². The Hall–Kier alpha value is -1.86. The van der Waals surface area contributed by atoms with Crippen LogP contribution in [0.15, 0.2) is 57.9 Å². The van der Waals surface area contributed by atoms with E-state index in [-0.39, 0.29) is 23.9 Å². The third-order valence-electron chi connectivity index (χ3n) is 4.03. The second kappa shape index (κ2) is 6.57. The van der Waals surface area contributed by atoms with Crippen LogP contribution < -0.4 is 4.74 Å². The lowest BCUT2D eigenvalue weighted by atomic mass is 10.1. The lowest BCUT2D eigenvalue weighted by molar-refractivity contribution is 0.0659. The van der Waals surface area contributed by atoms with Crippen LogP contribution in [0.5, 0.6) is 5.75 Å². The number of benzene rings is 2. The van der Waals surface area contributed by atoms with Gasteiger partial charge in [0.25, 0.3) is 5.91 Å². The van der Waals surface area contributed by atoms with E-state index in [4.69, 9.17) is 4.74 Å². The topological polar surface area (TPSA) is 63.7 Å². The molecule has 0 N–H and O–H groups in total. The van der Waals surface area contributed by atoms with Crippen molar-refractivity contribution >= 4 is 31.7 Å². The quantitative estimate of drug-likeness (QED) is 0.778. The van der Waals surface area contributed by atoms with Crippen LogP contribution in [0.2, 0.25) is 0 Å². The molecule has 1 aliphatic rings. The first-order valence-electron chi connectivity index (χ1n) is 7.34. The first-order chi connectivity index (χ1) is 11.4. The van der Waals surface area contributed by atoms with Crippen LogP contribution in [0, 0.1) is 0 Å². The van der Waals surface area contributed by atoms with Crippen LogP contribution in [0.1, 0.15) is 10.4 Å². The van der Waals surface area contributed by atoms with E-state index in [9.17, 15) is 13.2 Å². The molecule has 5 nitrogen and oxygen atoms in total. The van der Waals surface area contributed by atoms with E-state index in [0.717, 1.165) is 4.47 Å². The second-order valence-electron chi connectivity index (χ2n) is 5.56. The van der Waals surface area contributed by atoms with Gasteiger partial charge in [0.2, 0.25) is 0 Å². The van der Waals surface area contributed by atoms with Gasteiger partial charge in [-0.05, 0) is 42.5 Å². The molecule has 3 rings (SSSR count). The molecular formula is C17H16BrNO4S. The number of carbonyl (C=O) groups excluding carboxylic acids is 1. The minimum absolute atomic E-state index is 0.155. The summed E-state index contributed by atoms with van der Waals surface area (Å²) in [5.74, 6) is 0.450. The van der Waals surface area contributed by atoms with Gasteiger partial charge in [-0.2, -0.15) is 0 Å². The Kier molecular flexibility index (Phi) is 4.64.